The zero-order valence-electron chi connectivity index (χ0n) is 10.2. The van der Waals surface area contributed by atoms with Crippen molar-refractivity contribution in [2.45, 2.75) is 26.8 Å². The molecule has 3 N–H and O–H groups in total. The van der Waals surface area contributed by atoms with E-state index in [0.29, 0.717) is 6.54 Å². The SMILES string of the molecule is CCN(CCCO)c1c(C)cccc1CN. The number of nitrogens with zero attached hydrogens (tertiary/aromatic N) is 1. The molecule has 0 fully saturated rings. The maximum absolute atomic E-state index is 8.90. The topological polar surface area (TPSA) is 49.5 Å². The second kappa shape index (κ2) is 6.51. The highest BCUT2D eigenvalue weighted by atomic mass is 16.3. The first-order valence-electron chi connectivity index (χ1n) is 5.89. The molecule has 90 valence electrons. The third-order valence-corrected chi connectivity index (χ3v) is 2.83. The summed E-state index contributed by atoms with van der Waals surface area (Å²) in [7, 11) is 0. The van der Waals surface area contributed by atoms with E-state index in [2.05, 4.69) is 30.9 Å². The zero-order chi connectivity index (χ0) is 12.0. The van der Waals surface area contributed by atoms with Crippen LogP contribution in [0.3, 0.4) is 0 Å². The highest BCUT2D eigenvalue weighted by Gasteiger charge is 2.10. The molecule has 0 bridgehead atoms. The van der Waals surface area contributed by atoms with E-state index < -0.39 is 0 Å². The number of benzene rings is 1. The molecule has 16 heavy (non-hydrogen) atoms. The summed E-state index contributed by atoms with van der Waals surface area (Å²) in [6.45, 7) is 6.86. The van der Waals surface area contributed by atoms with Crippen molar-refractivity contribution in [1.29, 1.82) is 0 Å². The van der Waals surface area contributed by atoms with Crippen LogP contribution in [-0.2, 0) is 6.54 Å². The standard InChI is InChI=1S/C13H22N2O/c1-3-15(8-5-9-16)13-11(2)6-4-7-12(13)10-14/h4,6-7,16H,3,5,8-10,14H2,1-2H3. The van der Waals surface area contributed by atoms with Gasteiger partial charge in [0.25, 0.3) is 0 Å². The second-order valence-electron chi connectivity index (χ2n) is 3.94. The Labute approximate surface area is 97.9 Å². The van der Waals surface area contributed by atoms with Gasteiger partial charge in [-0.25, -0.2) is 0 Å². The number of anilines is 1. The van der Waals surface area contributed by atoms with Crippen LogP contribution in [0.15, 0.2) is 18.2 Å². The number of para-hydroxylation sites is 1. The number of rotatable bonds is 6. The van der Waals surface area contributed by atoms with Crippen molar-refractivity contribution in [2.75, 3.05) is 24.6 Å². The molecule has 0 saturated carbocycles. The maximum atomic E-state index is 8.90. The summed E-state index contributed by atoms with van der Waals surface area (Å²) in [6, 6.07) is 6.22. The Morgan fingerprint density at radius 2 is 2.12 bits per heavy atom. The summed E-state index contributed by atoms with van der Waals surface area (Å²) >= 11 is 0. The van der Waals surface area contributed by atoms with Crippen LogP contribution in [0.2, 0.25) is 0 Å². The van der Waals surface area contributed by atoms with Gasteiger partial charge in [-0.05, 0) is 31.4 Å². The summed E-state index contributed by atoms with van der Waals surface area (Å²) < 4.78 is 0. The van der Waals surface area contributed by atoms with Crippen LogP contribution >= 0.6 is 0 Å². The van der Waals surface area contributed by atoms with Crippen molar-refractivity contribution in [3.8, 4) is 0 Å². The lowest BCUT2D eigenvalue weighted by Crippen LogP contribution is -2.27. The van der Waals surface area contributed by atoms with Crippen LogP contribution in [0.5, 0.6) is 0 Å². The molecule has 1 aromatic rings. The number of nitrogens with two attached hydrogens (primary N) is 1. The predicted molar refractivity (Wildman–Crippen MR) is 68.7 cm³/mol. The van der Waals surface area contributed by atoms with E-state index in [4.69, 9.17) is 10.8 Å². The Balaban J connectivity index is 2.97. The van der Waals surface area contributed by atoms with Gasteiger partial charge in [0.05, 0.1) is 0 Å². The molecule has 0 spiro atoms. The summed E-state index contributed by atoms with van der Waals surface area (Å²) in [5, 5.41) is 8.90. The van der Waals surface area contributed by atoms with Crippen LogP contribution in [0.4, 0.5) is 5.69 Å². The molecule has 0 aliphatic carbocycles. The fourth-order valence-electron chi connectivity index (χ4n) is 2.03. The van der Waals surface area contributed by atoms with E-state index in [1.807, 2.05) is 6.07 Å². The van der Waals surface area contributed by atoms with Crippen molar-refractivity contribution >= 4 is 5.69 Å². The molecule has 0 atom stereocenters. The van der Waals surface area contributed by atoms with Crippen molar-refractivity contribution in [2.24, 2.45) is 5.73 Å². The molecule has 1 aromatic carbocycles. The Kier molecular flexibility index (Phi) is 5.29. The molecular weight excluding hydrogens is 200 g/mol. The normalized spacial score (nSPS) is 10.5. The average Bonchev–Trinajstić information content (AvgIpc) is 2.31. The van der Waals surface area contributed by atoms with Gasteiger partial charge in [-0.2, -0.15) is 0 Å². The smallest absolute Gasteiger partial charge is 0.0447 e. The Morgan fingerprint density at radius 3 is 2.69 bits per heavy atom. The minimum absolute atomic E-state index is 0.236. The van der Waals surface area contributed by atoms with E-state index >= 15 is 0 Å². The minimum atomic E-state index is 0.236. The van der Waals surface area contributed by atoms with Crippen LogP contribution in [-0.4, -0.2) is 24.8 Å². The van der Waals surface area contributed by atoms with Gasteiger partial charge in [-0.1, -0.05) is 18.2 Å². The van der Waals surface area contributed by atoms with E-state index in [9.17, 15) is 0 Å². The summed E-state index contributed by atoms with van der Waals surface area (Å²) in [6.07, 6.45) is 0.798. The molecule has 0 aliphatic rings. The first kappa shape index (κ1) is 13.0. The molecule has 0 aliphatic heterocycles. The minimum Gasteiger partial charge on any atom is -0.396 e. The van der Waals surface area contributed by atoms with Crippen molar-refractivity contribution in [3.63, 3.8) is 0 Å². The van der Waals surface area contributed by atoms with Gasteiger partial charge in [0.2, 0.25) is 0 Å². The average molecular weight is 222 g/mol. The first-order valence-corrected chi connectivity index (χ1v) is 5.89. The number of hydrogen-bond donors (Lipinski definition) is 2. The van der Waals surface area contributed by atoms with Crippen molar-refractivity contribution in [1.82, 2.24) is 0 Å². The van der Waals surface area contributed by atoms with Gasteiger partial charge in [-0.15, -0.1) is 0 Å². The van der Waals surface area contributed by atoms with E-state index in [1.54, 1.807) is 0 Å². The van der Waals surface area contributed by atoms with Gasteiger partial charge in [0.1, 0.15) is 0 Å². The van der Waals surface area contributed by atoms with Gasteiger partial charge in [0, 0.05) is 31.9 Å². The molecule has 0 unspecified atom stereocenters. The van der Waals surface area contributed by atoms with Gasteiger partial charge < -0.3 is 15.7 Å². The summed E-state index contributed by atoms with van der Waals surface area (Å²) in [5.74, 6) is 0. The summed E-state index contributed by atoms with van der Waals surface area (Å²) in [5.41, 5.74) is 9.43. The third-order valence-electron chi connectivity index (χ3n) is 2.83. The molecule has 0 aromatic heterocycles. The van der Waals surface area contributed by atoms with E-state index in [0.717, 1.165) is 19.5 Å². The molecule has 3 heteroatoms. The lowest BCUT2D eigenvalue weighted by atomic mass is 10.1. The van der Waals surface area contributed by atoms with Crippen LogP contribution in [0.25, 0.3) is 0 Å². The molecule has 0 heterocycles. The van der Waals surface area contributed by atoms with Crippen LogP contribution in [0, 0.1) is 6.92 Å². The van der Waals surface area contributed by atoms with Crippen LogP contribution in [0.1, 0.15) is 24.5 Å². The monoisotopic (exact) mass is 222 g/mol. The molecule has 1 rings (SSSR count). The number of aryl methyl sites for hydroxylation is 1. The predicted octanol–water partition coefficient (Wildman–Crippen LogP) is 1.66. The molecule has 0 amide bonds. The number of aliphatic hydroxyl groups excluding tert-OH is 1. The fourth-order valence-corrected chi connectivity index (χ4v) is 2.03. The quantitative estimate of drug-likeness (QED) is 0.769. The van der Waals surface area contributed by atoms with E-state index in [1.165, 1.54) is 16.8 Å². The highest BCUT2D eigenvalue weighted by Crippen LogP contribution is 2.24. The number of hydrogen-bond acceptors (Lipinski definition) is 3. The lowest BCUT2D eigenvalue weighted by Gasteiger charge is -2.27. The van der Waals surface area contributed by atoms with Gasteiger partial charge in [-0.3, -0.25) is 0 Å². The first-order chi connectivity index (χ1) is 7.74. The molecule has 0 radical (unpaired) electrons. The molecular formula is C13H22N2O. The third kappa shape index (κ3) is 2.97. The van der Waals surface area contributed by atoms with Crippen molar-refractivity contribution in [3.05, 3.63) is 29.3 Å². The lowest BCUT2D eigenvalue weighted by molar-refractivity contribution is 0.289. The molecule has 3 nitrogen and oxygen atoms in total. The van der Waals surface area contributed by atoms with Gasteiger partial charge >= 0.3 is 0 Å². The fraction of sp³-hybridized carbons (Fsp3) is 0.538. The molecule has 0 saturated heterocycles. The van der Waals surface area contributed by atoms with E-state index in [-0.39, 0.29) is 6.61 Å². The largest absolute Gasteiger partial charge is 0.396 e. The van der Waals surface area contributed by atoms with Crippen molar-refractivity contribution < 1.29 is 5.11 Å². The maximum Gasteiger partial charge on any atom is 0.0447 e. The summed E-state index contributed by atoms with van der Waals surface area (Å²) in [4.78, 5) is 2.29. The van der Waals surface area contributed by atoms with Gasteiger partial charge in [0.15, 0.2) is 0 Å². The highest BCUT2D eigenvalue weighted by molar-refractivity contribution is 5.59. The second-order valence-corrected chi connectivity index (χ2v) is 3.94. The zero-order valence-corrected chi connectivity index (χ0v) is 10.2. The number of aliphatic hydroxyl groups is 1. The Bertz CT molecular complexity index is 326. The Morgan fingerprint density at radius 1 is 1.38 bits per heavy atom. The Hall–Kier alpha value is -1.06. The van der Waals surface area contributed by atoms with Crippen LogP contribution < -0.4 is 10.6 Å².